The molecule has 0 spiro atoms. The maximum absolute atomic E-state index is 9.18. The summed E-state index contributed by atoms with van der Waals surface area (Å²) >= 11 is 0. The van der Waals surface area contributed by atoms with Crippen LogP contribution in [-0.4, -0.2) is 37.8 Å². The van der Waals surface area contributed by atoms with Crippen molar-refractivity contribution >= 4 is 33.4 Å². The highest BCUT2D eigenvalue weighted by atomic mass is 16.3. The van der Waals surface area contributed by atoms with Crippen molar-refractivity contribution in [3.8, 4) is 0 Å². The van der Waals surface area contributed by atoms with Gasteiger partial charge < -0.3 is 14.6 Å². The topological polar surface area (TPSA) is 67.1 Å². The van der Waals surface area contributed by atoms with Gasteiger partial charge in [-0.05, 0) is 43.5 Å². The van der Waals surface area contributed by atoms with Crippen LogP contribution in [-0.2, 0) is 13.0 Å². The molecule has 0 amide bonds. The lowest BCUT2D eigenvalue weighted by Crippen LogP contribution is -2.15. The van der Waals surface area contributed by atoms with Crippen molar-refractivity contribution in [2.45, 2.75) is 26.3 Å². The number of anilines is 2. The monoisotopic (exact) mass is 359 g/mol. The molecular formula is C21H21N5O. The number of aromatic nitrogens is 4. The molecule has 0 unspecified atom stereocenters. The lowest BCUT2D eigenvalue weighted by atomic mass is 10.1. The second-order valence-electron chi connectivity index (χ2n) is 6.97. The predicted octanol–water partition coefficient (Wildman–Crippen LogP) is 3.36. The number of hydrogen-bond acceptors (Lipinski definition) is 5. The third-order valence-electron chi connectivity index (χ3n) is 5.36. The molecule has 2 aromatic heterocycles. The van der Waals surface area contributed by atoms with E-state index in [-0.39, 0.29) is 6.61 Å². The Labute approximate surface area is 157 Å². The third kappa shape index (κ3) is 2.56. The van der Waals surface area contributed by atoms with Gasteiger partial charge in [-0.15, -0.1) is 0 Å². The highest BCUT2D eigenvalue weighted by molar-refractivity contribution is 6.00. The van der Waals surface area contributed by atoms with Crippen LogP contribution in [0.4, 0.5) is 11.5 Å². The van der Waals surface area contributed by atoms with Crippen LogP contribution in [0.1, 0.15) is 17.8 Å². The molecule has 0 saturated carbocycles. The lowest BCUT2D eigenvalue weighted by molar-refractivity contribution is 0.280. The van der Waals surface area contributed by atoms with Gasteiger partial charge in [0.1, 0.15) is 18.0 Å². The number of hydrogen-bond donors (Lipinski definition) is 1. The van der Waals surface area contributed by atoms with Crippen LogP contribution >= 0.6 is 0 Å². The molecule has 0 saturated heterocycles. The van der Waals surface area contributed by atoms with Crippen LogP contribution in [0.3, 0.4) is 0 Å². The molecule has 1 N–H and O–H groups in total. The summed E-state index contributed by atoms with van der Waals surface area (Å²) in [5, 5.41) is 10.2. The molecule has 3 heterocycles. The summed E-state index contributed by atoms with van der Waals surface area (Å²) < 4.78 is 2.15. The summed E-state index contributed by atoms with van der Waals surface area (Å²) in [6, 6.07) is 12.7. The molecule has 6 nitrogen and oxygen atoms in total. The number of benzene rings is 2. The normalized spacial score (nSPS) is 13.6. The number of imidazole rings is 1. The Morgan fingerprint density at radius 1 is 1.11 bits per heavy atom. The summed E-state index contributed by atoms with van der Waals surface area (Å²) in [6.45, 7) is 3.86. The number of para-hydroxylation sites is 1. The quantitative estimate of drug-likeness (QED) is 0.605. The molecule has 1 aliphatic heterocycles. The zero-order chi connectivity index (χ0) is 18.4. The third-order valence-corrected chi connectivity index (χ3v) is 5.36. The maximum Gasteiger partial charge on any atom is 0.144 e. The molecule has 5 rings (SSSR count). The van der Waals surface area contributed by atoms with E-state index >= 15 is 0 Å². The van der Waals surface area contributed by atoms with Crippen LogP contribution in [0.5, 0.6) is 0 Å². The summed E-state index contributed by atoms with van der Waals surface area (Å²) in [5.74, 6) is 1.89. The van der Waals surface area contributed by atoms with Gasteiger partial charge in [0.2, 0.25) is 0 Å². The summed E-state index contributed by atoms with van der Waals surface area (Å²) in [4.78, 5) is 16.2. The fourth-order valence-electron chi connectivity index (χ4n) is 4.07. The highest BCUT2D eigenvalue weighted by Crippen LogP contribution is 2.37. The number of nitrogens with zero attached hydrogens (tertiary/aromatic N) is 5. The molecular weight excluding hydrogens is 338 g/mol. The Morgan fingerprint density at radius 3 is 2.89 bits per heavy atom. The van der Waals surface area contributed by atoms with Crippen LogP contribution in [0.2, 0.25) is 0 Å². The van der Waals surface area contributed by atoms with Crippen molar-refractivity contribution in [1.82, 2.24) is 19.5 Å². The van der Waals surface area contributed by atoms with E-state index in [0.717, 1.165) is 53.1 Å². The number of aryl methyl sites for hydroxylation is 2. The van der Waals surface area contributed by atoms with E-state index < -0.39 is 0 Å². The van der Waals surface area contributed by atoms with Gasteiger partial charge in [-0.25, -0.2) is 15.0 Å². The number of rotatable bonds is 4. The van der Waals surface area contributed by atoms with E-state index in [1.807, 2.05) is 6.92 Å². The molecule has 0 bridgehead atoms. The summed E-state index contributed by atoms with van der Waals surface area (Å²) in [5.41, 5.74) is 5.50. The SMILES string of the molecule is Cc1nc2cc3c(N4CCc5ccccc54)ncnc3cc2n1CCCO. The second kappa shape index (κ2) is 6.32. The summed E-state index contributed by atoms with van der Waals surface area (Å²) in [6.07, 6.45) is 3.38. The number of aliphatic hydroxyl groups excluding tert-OH is 1. The number of aliphatic hydroxyl groups is 1. The zero-order valence-corrected chi connectivity index (χ0v) is 15.3. The standard InChI is InChI=1S/C21H21N5O/c1-14-24-18-11-16-17(12-20(18)25(14)8-4-10-27)22-13-23-21(16)26-9-7-15-5-2-3-6-19(15)26/h2-3,5-6,11-13,27H,4,7-10H2,1H3. The number of fused-ring (bicyclic) bond motifs is 3. The van der Waals surface area contributed by atoms with E-state index in [0.29, 0.717) is 6.42 Å². The Bertz CT molecular complexity index is 1150. The average molecular weight is 359 g/mol. The maximum atomic E-state index is 9.18. The molecule has 0 fully saturated rings. The van der Waals surface area contributed by atoms with Gasteiger partial charge in [-0.3, -0.25) is 0 Å². The molecule has 0 aliphatic carbocycles. The smallest absolute Gasteiger partial charge is 0.144 e. The van der Waals surface area contributed by atoms with Crippen molar-refractivity contribution in [2.24, 2.45) is 0 Å². The van der Waals surface area contributed by atoms with Gasteiger partial charge in [0.15, 0.2) is 0 Å². The van der Waals surface area contributed by atoms with Gasteiger partial charge in [0, 0.05) is 30.8 Å². The summed E-state index contributed by atoms with van der Waals surface area (Å²) in [7, 11) is 0. The van der Waals surface area contributed by atoms with Crippen molar-refractivity contribution in [3.63, 3.8) is 0 Å². The molecule has 0 radical (unpaired) electrons. The van der Waals surface area contributed by atoms with Crippen LogP contribution in [0, 0.1) is 6.92 Å². The Morgan fingerprint density at radius 2 is 2.00 bits per heavy atom. The first-order valence-corrected chi connectivity index (χ1v) is 9.34. The van der Waals surface area contributed by atoms with Crippen molar-refractivity contribution in [3.05, 3.63) is 54.1 Å². The largest absolute Gasteiger partial charge is 0.396 e. The van der Waals surface area contributed by atoms with Gasteiger partial charge in [0.25, 0.3) is 0 Å². The first-order valence-electron chi connectivity index (χ1n) is 9.34. The molecule has 6 heteroatoms. The molecule has 2 aromatic carbocycles. The van der Waals surface area contributed by atoms with E-state index in [1.54, 1.807) is 6.33 Å². The lowest BCUT2D eigenvalue weighted by Gasteiger charge is -2.19. The van der Waals surface area contributed by atoms with E-state index in [4.69, 9.17) is 4.98 Å². The molecule has 1 aliphatic rings. The van der Waals surface area contributed by atoms with Gasteiger partial charge >= 0.3 is 0 Å². The van der Waals surface area contributed by atoms with E-state index in [1.165, 1.54) is 11.3 Å². The first-order chi connectivity index (χ1) is 13.3. The molecule has 27 heavy (non-hydrogen) atoms. The zero-order valence-electron chi connectivity index (χ0n) is 15.3. The molecule has 0 atom stereocenters. The minimum Gasteiger partial charge on any atom is -0.396 e. The second-order valence-corrected chi connectivity index (χ2v) is 6.97. The minimum atomic E-state index is 0.174. The van der Waals surface area contributed by atoms with Crippen molar-refractivity contribution < 1.29 is 5.11 Å². The molecule has 136 valence electrons. The fourth-order valence-corrected chi connectivity index (χ4v) is 4.07. The van der Waals surface area contributed by atoms with Crippen molar-refractivity contribution in [2.75, 3.05) is 18.1 Å². The highest BCUT2D eigenvalue weighted by Gasteiger charge is 2.23. The van der Waals surface area contributed by atoms with Gasteiger partial charge in [0.05, 0.1) is 16.6 Å². The van der Waals surface area contributed by atoms with Crippen LogP contribution in [0.15, 0.2) is 42.7 Å². The van der Waals surface area contributed by atoms with Gasteiger partial charge in [-0.1, -0.05) is 18.2 Å². The Hall–Kier alpha value is -2.99. The average Bonchev–Trinajstić information content (AvgIpc) is 3.24. The predicted molar refractivity (Wildman–Crippen MR) is 106 cm³/mol. The van der Waals surface area contributed by atoms with E-state index in [9.17, 15) is 5.11 Å². The minimum absolute atomic E-state index is 0.174. The molecule has 4 aromatic rings. The Kier molecular flexibility index (Phi) is 3.79. The van der Waals surface area contributed by atoms with Crippen molar-refractivity contribution in [1.29, 1.82) is 0 Å². The van der Waals surface area contributed by atoms with Crippen LogP contribution in [0.25, 0.3) is 21.9 Å². The fraction of sp³-hybridized carbons (Fsp3) is 0.286. The van der Waals surface area contributed by atoms with E-state index in [2.05, 4.69) is 55.8 Å². The van der Waals surface area contributed by atoms with Crippen LogP contribution < -0.4 is 4.90 Å². The Balaban J connectivity index is 1.68. The van der Waals surface area contributed by atoms with Gasteiger partial charge in [-0.2, -0.15) is 0 Å². The first kappa shape index (κ1) is 16.2.